The summed E-state index contributed by atoms with van der Waals surface area (Å²) in [5.41, 5.74) is 1.62. The second-order valence-electron chi connectivity index (χ2n) is 5.21. The van der Waals surface area contributed by atoms with E-state index in [2.05, 4.69) is 4.74 Å². The van der Waals surface area contributed by atoms with Crippen LogP contribution in [-0.2, 0) is 6.54 Å². The van der Waals surface area contributed by atoms with Gasteiger partial charge < -0.3 is 14.4 Å². The molecule has 0 fully saturated rings. The van der Waals surface area contributed by atoms with Crippen molar-refractivity contribution in [3.63, 3.8) is 0 Å². The van der Waals surface area contributed by atoms with Crippen molar-refractivity contribution in [2.75, 3.05) is 14.2 Å². The van der Waals surface area contributed by atoms with Gasteiger partial charge in [-0.05, 0) is 42.0 Å². The van der Waals surface area contributed by atoms with Crippen LogP contribution in [0.5, 0.6) is 11.5 Å². The molecular formula is C18H16F2N2O3. The fourth-order valence-electron chi connectivity index (χ4n) is 2.26. The van der Waals surface area contributed by atoms with E-state index in [0.29, 0.717) is 16.7 Å². The van der Waals surface area contributed by atoms with Crippen LogP contribution in [0, 0.1) is 11.3 Å². The van der Waals surface area contributed by atoms with Crippen molar-refractivity contribution in [2.45, 2.75) is 13.2 Å². The van der Waals surface area contributed by atoms with Gasteiger partial charge in [0.05, 0.1) is 18.7 Å². The predicted molar refractivity (Wildman–Crippen MR) is 86.6 cm³/mol. The Labute approximate surface area is 144 Å². The van der Waals surface area contributed by atoms with Crippen molar-refractivity contribution in [3.8, 4) is 17.6 Å². The fraction of sp³-hybridized carbons (Fsp3) is 0.222. The zero-order valence-electron chi connectivity index (χ0n) is 13.7. The van der Waals surface area contributed by atoms with Gasteiger partial charge in [-0.2, -0.15) is 14.0 Å². The summed E-state index contributed by atoms with van der Waals surface area (Å²) in [6, 6.07) is 12.8. The molecule has 0 radical (unpaired) electrons. The average Bonchev–Trinajstić information content (AvgIpc) is 2.61. The Kier molecular flexibility index (Phi) is 5.90. The van der Waals surface area contributed by atoms with E-state index in [9.17, 15) is 13.6 Å². The van der Waals surface area contributed by atoms with Gasteiger partial charge in [0.1, 0.15) is 0 Å². The largest absolute Gasteiger partial charge is 0.493 e. The molecule has 0 N–H and O–H groups in total. The van der Waals surface area contributed by atoms with Crippen LogP contribution in [0.4, 0.5) is 8.78 Å². The Morgan fingerprint density at radius 1 is 1.20 bits per heavy atom. The van der Waals surface area contributed by atoms with E-state index in [1.54, 1.807) is 43.4 Å². The molecule has 7 heteroatoms. The Bertz CT molecular complexity index is 786. The Balaban J connectivity index is 2.12. The molecule has 0 unspecified atom stereocenters. The van der Waals surface area contributed by atoms with Crippen molar-refractivity contribution in [1.29, 1.82) is 5.26 Å². The molecule has 25 heavy (non-hydrogen) atoms. The molecule has 0 saturated carbocycles. The highest BCUT2D eigenvalue weighted by molar-refractivity contribution is 5.94. The van der Waals surface area contributed by atoms with Gasteiger partial charge >= 0.3 is 6.61 Å². The minimum absolute atomic E-state index is 0.0673. The molecule has 2 rings (SSSR count). The third kappa shape index (κ3) is 4.67. The van der Waals surface area contributed by atoms with Gasteiger partial charge in [-0.3, -0.25) is 4.79 Å². The van der Waals surface area contributed by atoms with E-state index >= 15 is 0 Å². The average molecular weight is 346 g/mol. The molecule has 0 bridgehead atoms. The number of alkyl halides is 2. The summed E-state index contributed by atoms with van der Waals surface area (Å²) in [6.07, 6.45) is 0. The number of rotatable bonds is 6. The number of benzene rings is 2. The van der Waals surface area contributed by atoms with Crippen LogP contribution in [0.2, 0.25) is 0 Å². The number of ether oxygens (including phenoxy) is 2. The summed E-state index contributed by atoms with van der Waals surface area (Å²) in [5, 5.41) is 8.78. The zero-order chi connectivity index (χ0) is 18.4. The summed E-state index contributed by atoms with van der Waals surface area (Å²) in [6.45, 7) is -2.69. The van der Waals surface area contributed by atoms with Gasteiger partial charge in [0, 0.05) is 19.2 Å². The minimum atomic E-state index is -2.94. The number of hydrogen-bond donors (Lipinski definition) is 0. The molecule has 0 atom stereocenters. The summed E-state index contributed by atoms with van der Waals surface area (Å²) in [5.74, 6) is -0.129. The molecule has 130 valence electrons. The highest BCUT2D eigenvalue weighted by Crippen LogP contribution is 2.29. The van der Waals surface area contributed by atoms with Gasteiger partial charge in [0.25, 0.3) is 5.91 Å². The van der Waals surface area contributed by atoms with E-state index in [4.69, 9.17) is 10.00 Å². The number of amides is 1. The van der Waals surface area contributed by atoms with E-state index in [1.807, 2.05) is 6.07 Å². The molecular weight excluding hydrogens is 330 g/mol. The molecule has 2 aromatic rings. The fourth-order valence-corrected chi connectivity index (χ4v) is 2.26. The molecule has 0 heterocycles. The van der Waals surface area contributed by atoms with Crippen LogP contribution in [0.1, 0.15) is 21.5 Å². The third-order valence-corrected chi connectivity index (χ3v) is 3.47. The van der Waals surface area contributed by atoms with Gasteiger partial charge in [-0.1, -0.05) is 6.07 Å². The van der Waals surface area contributed by atoms with Crippen molar-refractivity contribution < 1.29 is 23.0 Å². The Morgan fingerprint density at radius 3 is 2.44 bits per heavy atom. The monoisotopic (exact) mass is 346 g/mol. The lowest BCUT2D eigenvalue weighted by atomic mass is 10.1. The number of hydrogen-bond acceptors (Lipinski definition) is 4. The molecule has 2 aromatic carbocycles. The van der Waals surface area contributed by atoms with Crippen LogP contribution in [0.25, 0.3) is 0 Å². The lowest BCUT2D eigenvalue weighted by Gasteiger charge is -2.18. The molecule has 0 aromatic heterocycles. The second-order valence-corrected chi connectivity index (χ2v) is 5.21. The number of carbonyl (C=O) groups excluding carboxylic acids is 1. The first-order valence-corrected chi connectivity index (χ1v) is 7.32. The van der Waals surface area contributed by atoms with E-state index in [1.165, 1.54) is 18.1 Å². The standard InChI is InChI=1S/C18H16F2N2O3/c1-22(17(23)14-6-3-12(10-21)4-7-14)11-13-5-8-15(25-18(19)20)16(9-13)24-2/h3-9,18H,11H2,1-2H3. The maximum Gasteiger partial charge on any atom is 0.387 e. The third-order valence-electron chi connectivity index (χ3n) is 3.47. The number of nitriles is 1. The highest BCUT2D eigenvalue weighted by Gasteiger charge is 2.15. The SMILES string of the molecule is COc1cc(CN(C)C(=O)c2ccc(C#N)cc2)ccc1OC(F)F. The maximum atomic E-state index is 12.4. The van der Waals surface area contributed by atoms with Crippen LogP contribution in [0.3, 0.4) is 0 Å². The normalized spacial score (nSPS) is 10.2. The Hall–Kier alpha value is -3.14. The quantitative estimate of drug-likeness (QED) is 0.804. The maximum absolute atomic E-state index is 12.4. The molecule has 0 saturated heterocycles. The van der Waals surface area contributed by atoms with Gasteiger partial charge in [-0.25, -0.2) is 0 Å². The number of nitrogens with zero attached hydrogens (tertiary/aromatic N) is 2. The van der Waals surface area contributed by atoms with Gasteiger partial charge in [0.2, 0.25) is 0 Å². The first-order valence-electron chi connectivity index (χ1n) is 7.32. The molecule has 0 aliphatic heterocycles. The number of halogens is 2. The summed E-state index contributed by atoms with van der Waals surface area (Å²) in [4.78, 5) is 13.9. The van der Waals surface area contributed by atoms with Crippen LogP contribution >= 0.6 is 0 Å². The van der Waals surface area contributed by atoms with Crippen molar-refractivity contribution in [2.24, 2.45) is 0 Å². The summed E-state index contributed by atoms with van der Waals surface area (Å²) in [7, 11) is 2.97. The Morgan fingerprint density at radius 2 is 1.88 bits per heavy atom. The van der Waals surface area contributed by atoms with E-state index in [0.717, 1.165) is 0 Å². The van der Waals surface area contributed by atoms with Gasteiger partial charge in [0.15, 0.2) is 11.5 Å². The van der Waals surface area contributed by atoms with E-state index < -0.39 is 6.61 Å². The highest BCUT2D eigenvalue weighted by atomic mass is 19.3. The minimum Gasteiger partial charge on any atom is -0.493 e. The smallest absolute Gasteiger partial charge is 0.387 e. The predicted octanol–water partition coefficient (Wildman–Crippen LogP) is 3.44. The molecule has 0 spiro atoms. The van der Waals surface area contributed by atoms with Crippen LogP contribution < -0.4 is 9.47 Å². The van der Waals surface area contributed by atoms with Crippen molar-refractivity contribution in [3.05, 3.63) is 59.2 Å². The van der Waals surface area contributed by atoms with Crippen molar-refractivity contribution in [1.82, 2.24) is 4.90 Å². The topological polar surface area (TPSA) is 62.6 Å². The number of methoxy groups -OCH3 is 1. The molecule has 0 aliphatic rings. The second kappa shape index (κ2) is 8.11. The first-order chi connectivity index (χ1) is 11.9. The van der Waals surface area contributed by atoms with Crippen LogP contribution in [0.15, 0.2) is 42.5 Å². The van der Waals surface area contributed by atoms with Gasteiger partial charge in [-0.15, -0.1) is 0 Å². The lowest BCUT2D eigenvalue weighted by Crippen LogP contribution is -2.26. The number of carbonyl (C=O) groups is 1. The zero-order valence-corrected chi connectivity index (χ0v) is 13.7. The molecule has 0 aliphatic carbocycles. The summed E-state index contributed by atoms with van der Waals surface area (Å²) >= 11 is 0. The van der Waals surface area contributed by atoms with E-state index in [-0.39, 0.29) is 24.0 Å². The molecule has 5 nitrogen and oxygen atoms in total. The lowest BCUT2D eigenvalue weighted by molar-refractivity contribution is -0.0512. The molecule has 1 amide bonds. The van der Waals surface area contributed by atoms with Crippen LogP contribution in [-0.4, -0.2) is 31.6 Å². The van der Waals surface area contributed by atoms with Crippen molar-refractivity contribution >= 4 is 5.91 Å². The first kappa shape index (κ1) is 18.2. The summed E-state index contributed by atoms with van der Waals surface area (Å²) < 4.78 is 34.1.